The van der Waals surface area contributed by atoms with Crippen LogP contribution < -0.4 is 4.74 Å². The minimum Gasteiger partial charge on any atom is -0.485 e. The van der Waals surface area contributed by atoms with E-state index >= 15 is 0 Å². The fourth-order valence-electron chi connectivity index (χ4n) is 1.81. The highest BCUT2D eigenvalue weighted by molar-refractivity contribution is 5.96. The lowest BCUT2D eigenvalue weighted by Crippen LogP contribution is -2.15. The van der Waals surface area contributed by atoms with Gasteiger partial charge in [0.2, 0.25) is 0 Å². The molecule has 1 aliphatic heterocycles. The predicted octanol–water partition coefficient (Wildman–Crippen LogP) is 2.42. The molecule has 0 spiro atoms. The molecule has 0 bridgehead atoms. The smallest absolute Gasteiger partial charge is 0.338 e. The molecule has 20 heavy (non-hydrogen) atoms. The number of rotatable bonds is 4. The summed E-state index contributed by atoms with van der Waals surface area (Å²) in [6.07, 6.45) is 2.12. The SMILES string of the molecule is C=CCC1=Nc2c(cc(C(=O)OC)cc2[N+](=O)[O-])OC1. The average Bonchev–Trinajstić information content (AvgIpc) is 2.45. The summed E-state index contributed by atoms with van der Waals surface area (Å²) < 4.78 is 9.98. The predicted molar refractivity (Wildman–Crippen MR) is 71.8 cm³/mol. The first kappa shape index (κ1) is 13.7. The van der Waals surface area contributed by atoms with Gasteiger partial charge in [-0.1, -0.05) is 6.08 Å². The van der Waals surface area contributed by atoms with E-state index in [1.807, 2.05) is 0 Å². The van der Waals surface area contributed by atoms with Crippen molar-refractivity contribution < 1.29 is 19.2 Å². The number of allylic oxidation sites excluding steroid dienone is 1. The van der Waals surface area contributed by atoms with Gasteiger partial charge in [0.15, 0.2) is 11.4 Å². The van der Waals surface area contributed by atoms with Crippen molar-refractivity contribution in [3.05, 3.63) is 40.5 Å². The van der Waals surface area contributed by atoms with E-state index in [9.17, 15) is 14.9 Å². The van der Waals surface area contributed by atoms with E-state index in [4.69, 9.17) is 4.74 Å². The number of hydrogen-bond donors (Lipinski definition) is 0. The quantitative estimate of drug-likeness (QED) is 0.364. The second kappa shape index (κ2) is 5.52. The maximum atomic E-state index is 11.5. The summed E-state index contributed by atoms with van der Waals surface area (Å²) in [7, 11) is 1.20. The zero-order valence-electron chi connectivity index (χ0n) is 10.8. The van der Waals surface area contributed by atoms with Gasteiger partial charge in [0.1, 0.15) is 6.61 Å². The Labute approximate surface area is 114 Å². The fraction of sp³-hybridized carbons (Fsp3) is 0.231. The van der Waals surface area contributed by atoms with Crippen LogP contribution in [-0.4, -0.2) is 30.3 Å². The number of nitro benzene ring substituents is 1. The van der Waals surface area contributed by atoms with Gasteiger partial charge in [0.05, 0.1) is 23.3 Å². The third-order valence-electron chi connectivity index (χ3n) is 2.72. The van der Waals surface area contributed by atoms with Crippen molar-refractivity contribution in [3.8, 4) is 5.75 Å². The first-order valence-corrected chi connectivity index (χ1v) is 5.77. The molecule has 0 aliphatic carbocycles. The maximum Gasteiger partial charge on any atom is 0.338 e. The van der Waals surface area contributed by atoms with E-state index in [1.165, 1.54) is 13.2 Å². The van der Waals surface area contributed by atoms with Gasteiger partial charge < -0.3 is 9.47 Å². The van der Waals surface area contributed by atoms with Gasteiger partial charge in [-0.3, -0.25) is 10.1 Å². The molecule has 1 heterocycles. The molecule has 7 heteroatoms. The lowest BCUT2D eigenvalue weighted by atomic mass is 10.1. The Morgan fingerprint density at radius 2 is 2.40 bits per heavy atom. The average molecular weight is 276 g/mol. The molecule has 104 valence electrons. The minimum absolute atomic E-state index is 0.0559. The third kappa shape index (κ3) is 2.51. The maximum absolute atomic E-state index is 11.5. The molecule has 0 unspecified atom stereocenters. The van der Waals surface area contributed by atoms with Crippen LogP contribution in [0.1, 0.15) is 16.8 Å². The number of aliphatic imine (C=N–C) groups is 1. The Morgan fingerprint density at radius 1 is 1.65 bits per heavy atom. The normalized spacial score (nSPS) is 12.8. The van der Waals surface area contributed by atoms with E-state index in [2.05, 4.69) is 16.3 Å². The number of ether oxygens (including phenoxy) is 2. The summed E-state index contributed by atoms with van der Waals surface area (Å²) in [6.45, 7) is 3.79. The number of esters is 1. The van der Waals surface area contributed by atoms with E-state index < -0.39 is 10.9 Å². The van der Waals surface area contributed by atoms with Crippen molar-refractivity contribution in [1.29, 1.82) is 0 Å². The molecule has 2 rings (SSSR count). The van der Waals surface area contributed by atoms with Gasteiger partial charge in [0.25, 0.3) is 5.69 Å². The molecule has 0 amide bonds. The summed E-state index contributed by atoms with van der Waals surface area (Å²) in [5.74, 6) is -0.465. The van der Waals surface area contributed by atoms with Crippen LogP contribution in [0.3, 0.4) is 0 Å². The molecule has 1 aromatic carbocycles. The van der Waals surface area contributed by atoms with Crippen molar-refractivity contribution in [2.24, 2.45) is 4.99 Å². The summed E-state index contributed by atoms with van der Waals surface area (Å²) in [5.41, 5.74) is 0.525. The number of methoxy groups -OCH3 is 1. The number of hydrogen-bond acceptors (Lipinski definition) is 6. The van der Waals surface area contributed by atoms with Crippen LogP contribution >= 0.6 is 0 Å². The second-order valence-corrected chi connectivity index (χ2v) is 4.05. The first-order chi connectivity index (χ1) is 9.56. The van der Waals surface area contributed by atoms with Crippen molar-refractivity contribution in [2.75, 3.05) is 13.7 Å². The van der Waals surface area contributed by atoms with Crippen LogP contribution in [-0.2, 0) is 4.74 Å². The van der Waals surface area contributed by atoms with Crippen LogP contribution in [0.4, 0.5) is 11.4 Å². The van der Waals surface area contributed by atoms with Crippen LogP contribution in [0.25, 0.3) is 0 Å². The van der Waals surface area contributed by atoms with Crippen molar-refractivity contribution in [2.45, 2.75) is 6.42 Å². The second-order valence-electron chi connectivity index (χ2n) is 4.05. The Hall–Kier alpha value is -2.70. The monoisotopic (exact) mass is 276 g/mol. The molecule has 7 nitrogen and oxygen atoms in total. The lowest BCUT2D eigenvalue weighted by molar-refractivity contribution is -0.384. The van der Waals surface area contributed by atoms with Gasteiger partial charge in [-0.05, 0) is 6.07 Å². The van der Waals surface area contributed by atoms with E-state index in [0.717, 1.165) is 6.07 Å². The Kier molecular flexibility index (Phi) is 3.79. The van der Waals surface area contributed by atoms with Crippen molar-refractivity contribution in [1.82, 2.24) is 0 Å². The van der Waals surface area contributed by atoms with Gasteiger partial charge in [0, 0.05) is 12.5 Å². The number of fused-ring (bicyclic) bond motifs is 1. The summed E-state index contributed by atoms with van der Waals surface area (Å²) >= 11 is 0. The zero-order chi connectivity index (χ0) is 14.7. The summed E-state index contributed by atoms with van der Waals surface area (Å²) in [5, 5.41) is 11.1. The van der Waals surface area contributed by atoms with Crippen LogP contribution in [0.2, 0.25) is 0 Å². The molecule has 0 saturated carbocycles. The van der Waals surface area contributed by atoms with E-state index in [1.54, 1.807) is 6.08 Å². The third-order valence-corrected chi connectivity index (χ3v) is 2.72. The Bertz CT molecular complexity index is 621. The van der Waals surface area contributed by atoms with Gasteiger partial charge in [-0.15, -0.1) is 6.58 Å². The molecule has 0 aromatic heterocycles. The Balaban J connectivity index is 2.57. The number of nitro groups is 1. The number of nitrogens with zero attached hydrogens (tertiary/aromatic N) is 2. The van der Waals surface area contributed by atoms with Crippen molar-refractivity contribution in [3.63, 3.8) is 0 Å². The molecule has 0 saturated heterocycles. The number of benzene rings is 1. The molecular weight excluding hydrogens is 264 g/mol. The fourth-order valence-corrected chi connectivity index (χ4v) is 1.81. The topological polar surface area (TPSA) is 91.0 Å². The van der Waals surface area contributed by atoms with E-state index in [-0.39, 0.29) is 29.3 Å². The van der Waals surface area contributed by atoms with E-state index in [0.29, 0.717) is 12.1 Å². The van der Waals surface area contributed by atoms with Gasteiger partial charge in [-0.25, -0.2) is 9.79 Å². The van der Waals surface area contributed by atoms with Crippen LogP contribution in [0.15, 0.2) is 29.8 Å². The highest BCUT2D eigenvalue weighted by Gasteiger charge is 2.26. The standard InChI is InChI=1S/C13H12N2O5/c1-3-4-9-7-20-11-6-8(13(16)19-2)5-10(15(17)18)12(11)14-9/h3,5-6H,1,4,7H2,2H3. The molecule has 0 N–H and O–H groups in total. The van der Waals surface area contributed by atoms with Gasteiger partial charge >= 0.3 is 5.97 Å². The molecule has 0 atom stereocenters. The Morgan fingerprint density at radius 3 is 3.00 bits per heavy atom. The first-order valence-electron chi connectivity index (χ1n) is 5.77. The molecule has 0 radical (unpaired) electrons. The van der Waals surface area contributed by atoms with Crippen molar-refractivity contribution >= 4 is 23.1 Å². The lowest BCUT2D eigenvalue weighted by Gasteiger charge is -2.16. The summed E-state index contributed by atoms with van der Waals surface area (Å²) in [4.78, 5) is 26.2. The molecule has 1 aliphatic rings. The highest BCUT2D eigenvalue weighted by Crippen LogP contribution is 2.40. The van der Waals surface area contributed by atoms with Gasteiger partial charge in [-0.2, -0.15) is 0 Å². The highest BCUT2D eigenvalue weighted by atomic mass is 16.6. The summed E-state index contributed by atoms with van der Waals surface area (Å²) in [6, 6.07) is 2.52. The number of carbonyl (C=O) groups is 1. The molecule has 0 fully saturated rings. The molecular formula is C13H12N2O5. The minimum atomic E-state index is -0.666. The largest absolute Gasteiger partial charge is 0.485 e. The van der Waals surface area contributed by atoms with Crippen LogP contribution in [0.5, 0.6) is 5.75 Å². The number of carbonyl (C=O) groups excluding carboxylic acids is 1. The van der Waals surface area contributed by atoms with Crippen LogP contribution in [0, 0.1) is 10.1 Å². The zero-order valence-corrected chi connectivity index (χ0v) is 10.8. The molecule has 1 aromatic rings.